The highest BCUT2D eigenvalue weighted by Gasteiger charge is 2.17. The molecule has 1 aromatic heterocycles. The monoisotopic (exact) mass is 294 g/mol. The van der Waals surface area contributed by atoms with Gasteiger partial charge in [-0.15, -0.1) is 0 Å². The molecule has 0 saturated carbocycles. The van der Waals surface area contributed by atoms with Gasteiger partial charge in [-0.05, 0) is 31.2 Å². The first kappa shape index (κ1) is 14.0. The molecule has 0 saturated heterocycles. The average molecular weight is 294 g/mol. The van der Waals surface area contributed by atoms with Gasteiger partial charge in [-0.25, -0.2) is 13.6 Å². The topological polar surface area (TPSA) is 87.6 Å². The van der Waals surface area contributed by atoms with Crippen LogP contribution in [0.15, 0.2) is 51.1 Å². The van der Waals surface area contributed by atoms with Gasteiger partial charge in [-0.1, -0.05) is 17.7 Å². The molecule has 7 heteroatoms. The van der Waals surface area contributed by atoms with E-state index in [1.165, 1.54) is 30.3 Å². The highest BCUT2D eigenvalue weighted by atomic mass is 32.2. The second-order valence-electron chi connectivity index (χ2n) is 4.11. The molecule has 104 valence electrons. The number of benzene rings is 1. The molecule has 0 spiro atoms. The van der Waals surface area contributed by atoms with Crippen molar-refractivity contribution in [1.82, 2.24) is 0 Å². The molecular weight excluding hydrogens is 282 g/mol. The van der Waals surface area contributed by atoms with Gasteiger partial charge < -0.3 is 4.42 Å². The minimum absolute atomic E-state index is 0.144. The minimum atomic E-state index is -3.58. The third-order valence-electron chi connectivity index (χ3n) is 2.56. The normalized spacial score (nSPS) is 11.8. The summed E-state index contributed by atoms with van der Waals surface area (Å²) in [6.07, 6.45) is 1.21. The molecule has 2 aromatic rings. The minimum Gasteiger partial charge on any atom is -0.398 e. The fourth-order valence-electron chi connectivity index (χ4n) is 1.50. The molecule has 0 bridgehead atoms. The summed E-state index contributed by atoms with van der Waals surface area (Å²) in [5.74, 6) is -0.178. The van der Waals surface area contributed by atoms with E-state index in [-0.39, 0.29) is 16.5 Å². The second-order valence-corrected chi connectivity index (χ2v) is 5.94. The fraction of sp³-hybridized carbons (Fsp3) is 0.0769. The summed E-state index contributed by atoms with van der Waals surface area (Å²) in [5.41, 5.74) is 0.960. The molecule has 6 nitrogen and oxygen atoms in total. The van der Waals surface area contributed by atoms with Gasteiger partial charge in [-0.3, -0.25) is 0 Å². The Balaban J connectivity index is 2.25. The van der Waals surface area contributed by atoms with Crippen LogP contribution in [-0.4, -0.2) is 18.5 Å². The van der Waals surface area contributed by atoms with Gasteiger partial charge in [0.2, 0.25) is 0 Å². The number of aryl methyl sites for hydroxylation is 1. The molecule has 0 fully saturated rings. The molecular formula is C13H12NO5S+. The smallest absolute Gasteiger partial charge is 0.398 e. The molecule has 0 aliphatic rings. The average Bonchev–Trinajstić information content (AvgIpc) is 2.86. The molecule has 1 heterocycles. The van der Waals surface area contributed by atoms with Crippen LogP contribution in [0.1, 0.15) is 11.3 Å². The van der Waals surface area contributed by atoms with Crippen molar-refractivity contribution in [1.29, 1.82) is 0 Å². The maximum atomic E-state index is 12.0. The van der Waals surface area contributed by atoms with Crippen molar-refractivity contribution >= 4 is 21.8 Å². The Morgan fingerprint density at radius 3 is 2.35 bits per heavy atom. The van der Waals surface area contributed by atoms with Crippen LogP contribution in [-0.2, 0) is 9.84 Å². The van der Waals surface area contributed by atoms with Crippen LogP contribution in [0.4, 0.5) is 5.88 Å². The molecule has 2 rings (SSSR count). The van der Waals surface area contributed by atoms with Crippen molar-refractivity contribution in [3.63, 3.8) is 0 Å². The number of rotatable bonds is 4. The van der Waals surface area contributed by atoms with Crippen molar-refractivity contribution in [2.75, 3.05) is 0 Å². The molecule has 0 amide bonds. The van der Waals surface area contributed by atoms with Gasteiger partial charge in [0, 0.05) is 5.41 Å². The lowest BCUT2D eigenvalue weighted by Crippen LogP contribution is -1.95. The lowest BCUT2D eigenvalue weighted by molar-refractivity contribution is -0.737. The van der Waals surface area contributed by atoms with Gasteiger partial charge >= 0.3 is 5.88 Å². The van der Waals surface area contributed by atoms with Crippen molar-refractivity contribution < 1.29 is 23.0 Å². The van der Waals surface area contributed by atoms with Gasteiger partial charge in [0.05, 0.1) is 15.9 Å². The standard InChI is InChI=1S/C13H12NO5S/c1-10-2-5-12(6-3-10)20(17,18)9-8-11-4-7-13(19-11)14(15)16/h2-9H,1H3,(H,15,16)/q+1/b9-8+. The predicted octanol–water partition coefficient (Wildman–Crippen LogP) is 2.83. The summed E-state index contributed by atoms with van der Waals surface area (Å²) in [7, 11) is -3.58. The molecule has 0 aliphatic carbocycles. The first-order valence-electron chi connectivity index (χ1n) is 5.64. The predicted molar refractivity (Wildman–Crippen MR) is 71.2 cm³/mol. The number of sulfone groups is 1. The van der Waals surface area contributed by atoms with Crippen LogP contribution in [0.3, 0.4) is 0 Å². The molecule has 0 aliphatic heterocycles. The highest BCUT2D eigenvalue weighted by Crippen LogP contribution is 2.18. The first-order chi connectivity index (χ1) is 9.38. The van der Waals surface area contributed by atoms with Crippen molar-refractivity contribution in [2.24, 2.45) is 0 Å². The third-order valence-corrected chi connectivity index (χ3v) is 3.99. The zero-order chi connectivity index (χ0) is 14.8. The summed E-state index contributed by atoms with van der Waals surface area (Å²) in [6.45, 7) is 1.86. The van der Waals surface area contributed by atoms with Crippen LogP contribution in [0, 0.1) is 11.8 Å². The number of hydrogen-bond donors (Lipinski definition) is 1. The molecule has 20 heavy (non-hydrogen) atoms. The third kappa shape index (κ3) is 3.12. The van der Waals surface area contributed by atoms with Crippen LogP contribution in [0.25, 0.3) is 6.08 Å². The Morgan fingerprint density at radius 1 is 1.15 bits per heavy atom. The zero-order valence-corrected chi connectivity index (χ0v) is 11.4. The van der Waals surface area contributed by atoms with Crippen LogP contribution in [0.2, 0.25) is 0 Å². The molecule has 0 atom stereocenters. The zero-order valence-electron chi connectivity index (χ0n) is 10.6. The first-order valence-corrected chi connectivity index (χ1v) is 7.19. The summed E-state index contributed by atoms with van der Waals surface area (Å²) in [4.78, 5) is 10.3. The van der Waals surface area contributed by atoms with Crippen LogP contribution >= 0.6 is 0 Å². The van der Waals surface area contributed by atoms with Crippen LogP contribution < -0.4 is 0 Å². The van der Waals surface area contributed by atoms with E-state index in [2.05, 4.69) is 0 Å². The van der Waals surface area contributed by atoms with E-state index in [0.29, 0.717) is 0 Å². The van der Waals surface area contributed by atoms with Crippen molar-refractivity contribution in [3.05, 3.63) is 58.0 Å². The molecule has 0 radical (unpaired) electrons. The Hall–Kier alpha value is -2.41. The molecule has 1 aromatic carbocycles. The van der Waals surface area contributed by atoms with Gasteiger partial charge in [0.25, 0.3) is 4.92 Å². The van der Waals surface area contributed by atoms with Crippen LogP contribution in [0.5, 0.6) is 0 Å². The summed E-state index contributed by atoms with van der Waals surface area (Å²) in [5, 5.41) is 9.59. The van der Waals surface area contributed by atoms with Gasteiger partial charge in [-0.2, -0.15) is 0 Å². The number of hydrogen-bond acceptors (Lipinski definition) is 4. The highest BCUT2D eigenvalue weighted by molar-refractivity contribution is 7.94. The van der Waals surface area contributed by atoms with Crippen molar-refractivity contribution in [3.8, 4) is 0 Å². The van der Waals surface area contributed by atoms with E-state index >= 15 is 0 Å². The maximum Gasteiger partial charge on any atom is 0.480 e. The van der Waals surface area contributed by atoms with E-state index < -0.39 is 14.8 Å². The largest absolute Gasteiger partial charge is 0.480 e. The Labute approximate surface area is 115 Å². The SMILES string of the molecule is Cc1ccc(S(=O)(=O)/C=C/c2ccc([N+](=O)O)o2)cc1. The Bertz CT molecular complexity index is 756. The molecule has 0 unspecified atom stereocenters. The fourth-order valence-corrected chi connectivity index (χ4v) is 2.48. The summed E-state index contributed by atoms with van der Waals surface area (Å²) < 4.78 is 28.9. The lowest BCUT2D eigenvalue weighted by atomic mass is 10.2. The summed E-state index contributed by atoms with van der Waals surface area (Å²) in [6, 6.07) is 9.02. The maximum absolute atomic E-state index is 12.0. The number of nitrogens with zero attached hydrogens (tertiary/aromatic N) is 1. The van der Waals surface area contributed by atoms with E-state index in [0.717, 1.165) is 11.0 Å². The number of furan rings is 1. The summed E-state index contributed by atoms with van der Waals surface area (Å²) >= 11 is 0. The van der Waals surface area contributed by atoms with Gasteiger partial charge in [0.15, 0.2) is 9.84 Å². The Morgan fingerprint density at radius 2 is 1.80 bits per heavy atom. The second kappa shape index (κ2) is 5.30. The Kier molecular flexibility index (Phi) is 3.71. The van der Waals surface area contributed by atoms with E-state index in [1.807, 2.05) is 6.92 Å². The molecule has 1 N–H and O–H groups in total. The van der Waals surface area contributed by atoms with E-state index in [9.17, 15) is 13.3 Å². The van der Waals surface area contributed by atoms with Gasteiger partial charge in [0.1, 0.15) is 5.76 Å². The quantitative estimate of drug-likeness (QED) is 0.876. The van der Waals surface area contributed by atoms with Crippen molar-refractivity contribution in [2.45, 2.75) is 11.8 Å². The van der Waals surface area contributed by atoms with E-state index in [1.54, 1.807) is 12.1 Å². The lowest BCUT2D eigenvalue weighted by Gasteiger charge is -1.98. The van der Waals surface area contributed by atoms with E-state index in [4.69, 9.17) is 9.62 Å².